The minimum atomic E-state index is -1.10. The number of hydrogen-bond acceptors (Lipinski definition) is 4. The average molecular weight is 959 g/mol. The molecule has 0 aliphatic carbocycles. The van der Waals surface area contributed by atoms with Crippen molar-refractivity contribution in [3.05, 3.63) is 24.3 Å². The maximum absolute atomic E-state index is 12.6. The number of carbonyl (C=O) groups excluding carboxylic acids is 1. The van der Waals surface area contributed by atoms with E-state index in [2.05, 4.69) is 31.3 Å². The number of rotatable bonds is 58. The molecule has 0 rings (SSSR count). The first-order valence-electron chi connectivity index (χ1n) is 31.2. The predicted octanol–water partition coefficient (Wildman–Crippen LogP) is 19.6. The van der Waals surface area contributed by atoms with E-state index in [9.17, 15) is 20.1 Å². The smallest absolute Gasteiger partial charge is 0.249 e. The number of aliphatic hydroxyl groups is 3. The summed E-state index contributed by atoms with van der Waals surface area (Å²) in [5.74, 6) is -0.496. The molecule has 0 aliphatic heterocycles. The van der Waals surface area contributed by atoms with Gasteiger partial charge in [-0.05, 0) is 44.9 Å². The van der Waals surface area contributed by atoms with Crippen molar-refractivity contribution in [1.82, 2.24) is 5.32 Å². The van der Waals surface area contributed by atoms with E-state index in [-0.39, 0.29) is 6.61 Å². The third kappa shape index (κ3) is 52.6. The molecule has 0 saturated carbocycles. The molecule has 0 heterocycles. The Hall–Kier alpha value is -1.17. The first kappa shape index (κ1) is 66.8. The molecule has 0 aromatic heterocycles. The van der Waals surface area contributed by atoms with Crippen molar-refractivity contribution >= 4 is 5.91 Å². The van der Waals surface area contributed by atoms with E-state index >= 15 is 0 Å². The summed E-state index contributed by atoms with van der Waals surface area (Å²) in [6.07, 6.45) is 75.7. The Morgan fingerprint density at radius 3 is 0.853 bits per heavy atom. The van der Waals surface area contributed by atoms with E-state index in [0.29, 0.717) is 6.42 Å². The normalized spacial score (nSPS) is 13.3. The minimum Gasteiger partial charge on any atom is -0.394 e. The number of allylic oxidation sites excluding steroid dienone is 3. The average Bonchev–Trinajstić information content (AvgIpc) is 3.34. The highest BCUT2D eigenvalue weighted by molar-refractivity contribution is 5.80. The second-order valence-corrected chi connectivity index (χ2v) is 21.6. The molecule has 4 N–H and O–H groups in total. The summed E-state index contributed by atoms with van der Waals surface area (Å²) in [6, 6.07) is -0.797. The van der Waals surface area contributed by atoms with Crippen molar-refractivity contribution < 1.29 is 20.1 Å². The van der Waals surface area contributed by atoms with Gasteiger partial charge in [-0.15, -0.1) is 0 Å². The highest BCUT2D eigenvalue weighted by Gasteiger charge is 2.22. The lowest BCUT2D eigenvalue weighted by atomic mass is 10.0. The highest BCUT2D eigenvalue weighted by atomic mass is 16.3. The van der Waals surface area contributed by atoms with Gasteiger partial charge in [-0.25, -0.2) is 0 Å². The second-order valence-electron chi connectivity index (χ2n) is 21.6. The summed E-state index contributed by atoms with van der Waals surface area (Å²) >= 11 is 0. The van der Waals surface area contributed by atoms with Gasteiger partial charge in [-0.1, -0.05) is 327 Å². The highest BCUT2D eigenvalue weighted by Crippen LogP contribution is 2.18. The van der Waals surface area contributed by atoms with Gasteiger partial charge in [0.05, 0.1) is 18.8 Å². The fraction of sp³-hybridized carbons (Fsp3) is 0.921. The predicted molar refractivity (Wildman–Crippen MR) is 301 cm³/mol. The maximum Gasteiger partial charge on any atom is 0.249 e. The van der Waals surface area contributed by atoms with Crippen molar-refractivity contribution in [2.24, 2.45) is 0 Å². The third-order valence-corrected chi connectivity index (χ3v) is 14.8. The van der Waals surface area contributed by atoms with E-state index < -0.39 is 24.2 Å². The molecule has 0 spiro atoms. The molecule has 0 saturated heterocycles. The number of unbranched alkanes of at least 4 members (excludes halogenated alkanes) is 48. The van der Waals surface area contributed by atoms with Crippen molar-refractivity contribution in [2.75, 3.05) is 6.61 Å². The molecule has 3 unspecified atom stereocenters. The molecular weight excluding hydrogens is 835 g/mol. The lowest BCUT2D eigenvalue weighted by Crippen LogP contribution is -2.48. The SMILES string of the molecule is CCCCCCCCCCCCCC/C=C\CCCCCCCCCCCCCCCCCC(O)C(=O)NC(CO)C(O)/C=C/CCCCCCCCCCCCCCCCCCCCCCC. The van der Waals surface area contributed by atoms with Gasteiger partial charge in [-0.2, -0.15) is 0 Å². The van der Waals surface area contributed by atoms with Gasteiger partial charge < -0.3 is 20.6 Å². The molecule has 3 atom stereocenters. The van der Waals surface area contributed by atoms with Crippen LogP contribution in [0.25, 0.3) is 0 Å². The molecule has 68 heavy (non-hydrogen) atoms. The molecule has 404 valence electrons. The summed E-state index contributed by atoms with van der Waals surface area (Å²) in [4.78, 5) is 12.6. The van der Waals surface area contributed by atoms with Crippen LogP contribution in [-0.4, -0.2) is 46.1 Å². The third-order valence-electron chi connectivity index (χ3n) is 14.8. The van der Waals surface area contributed by atoms with E-state index in [1.807, 2.05) is 6.08 Å². The van der Waals surface area contributed by atoms with E-state index in [0.717, 1.165) is 32.1 Å². The van der Waals surface area contributed by atoms with Gasteiger partial charge in [0.25, 0.3) is 0 Å². The van der Waals surface area contributed by atoms with Crippen molar-refractivity contribution in [3.63, 3.8) is 0 Å². The fourth-order valence-corrected chi connectivity index (χ4v) is 9.95. The Labute approximate surface area is 426 Å². The Kier molecular flexibility index (Phi) is 57.4. The van der Waals surface area contributed by atoms with Crippen LogP contribution in [0.1, 0.15) is 348 Å². The zero-order valence-corrected chi connectivity index (χ0v) is 46.3. The van der Waals surface area contributed by atoms with Crippen LogP contribution in [0.2, 0.25) is 0 Å². The standard InChI is InChI=1S/C63H123NO4/c1-3-5-7-9-11-13-15-17-19-21-23-25-27-28-29-30-31-32-33-34-36-38-40-42-44-46-48-50-52-54-56-58-62(67)63(68)64-60(59-65)61(66)57-55-53-51-49-47-45-43-41-39-37-35-26-24-22-20-18-16-14-12-10-8-6-4-2/h28-29,55,57,60-62,65-67H,3-27,30-54,56,58-59H2,1-2H3,(H,64,68)/b29-28-,57-55+. The second kappa shape index (κ2) is 58.4. The lowest BCUT2D eigenvalue weighted by Gasteiger charge is -2.21. The summed E-state index contributed by atoms with van der Waals surface area (Å²) in [7, 11) is 0. The summed E-state index contributed by atoms with van der Waals surface area (Å²) in [6.45, 7) is 4.23. The van der Waals surface area contributed by atoms with E-state index in [4.69, 9.17) is 0 Å². The Balaban J connectivity index is 3.52. The largest absolute Gasteiger partial charge is 0.394 e. The van der Waals surface area contributed by atoms with Gasteiger partial charge >= 0.3 is 0 Å². The van der Waals surface area contributed by atoms with Crippen molar-refractivity contribution in [2.45, 2.75) is 366 Å². The van der Waals surface area contributed by atoms with Crippen LogP contribution >= 0.6 is 0 Å². The maximum atomic E-state index is 12.6. The van der Waals surface area contributed by atoms with Crippen LogP contribution in [0, 0.1) is 0 Å². The fourth-order valence-electron chi connectivity index (χ4n) is 9.95. The number of aliphatic hydroxyl groups excluding tert-OH is 3. The van der Waals surface area contributed by atoms with Crippen LogP contribution in [0.15, 0.2) is 24.3 Å². The first-order valence-corrected chi connectivity index (χ1v) is 31.2. The van der Waals surface area contributed by atoms with Crippen molar-refractivity contribution in [3.8, 4) is 0 Å². The number of hydrogen-bond donors (Lipinski definition) is 4. The van der Waals surface area contributed by atoms with E-state index in [1.165, 1.54) is 295 Å². The molecule has 1 amide bonds. The molecule has 0 aromatic rings. The van der Waals surface area contributed by atoms with Gasteiger partial charge in [0.15, 0.2) is 0 Å². The molecule has 5 nitrogen and oxygen atoms in total. The van der Waals surface area contributed by atoms with Crippen LogP contribution in [-0.2, 0) is 4.79 Å². The van der Waals surface area contributed by atoms with Crippen LogP contribution in [0.4, 0.5) is 0 Å². The molecule has 0 aliphatic rings. The molecule has 0 fully saturated rings. The molecule has 0 bridgehead atoms. The first-order chi connectivity index (χ1) is 33.6. The van der Waals surface area contributed by atoms with Gasteiger partial charge in [0.2, 0.25) is 5.91 Å². The van der Waals surface area contributed by atoms with Crippen molar-refractivity contribution in [1.29, 1.82) is 0 Å². The summed E-state index contributed by atoms with van der Waals surface area (Å²) in [5, 5.41) is 33.5. The monoisotopic (exact) mass is 958 g/mol. The Morgan fingerprint density at radius 1 is 0.353 bits per heavy atom. The number of amides is 1. The zero-order chi connectivity index (χ0) is 49.3. The van der Waals surface area contributed by atoms with Gasteiger partial charge in [0.1, 0.15) is 6.10 Å². The molecule has 5 heteroatoms. The molecular formula is C63H123NO4. The molecule has 0 aromatic carbocycles. The summed E-state index contributed by atoms with van der Waals surface area (Å²) < 4.78 is 0. The minimum absolute atomic E-state index is 0.360. The van der Waals surface area contributed by atoms with Crippen LogP contribution in [0.5, 0.6) is 0 Å². The van der Waals surface area contributed by atoms with Crippen LogP contribution in [0.3, 0.4) is 0 Å². The summed E-state index contributed by atoms with van der Waals surface area (Å²) in [5.41, 5.74) is 0. The number of nitrogens with one attached hydrogen (secondary N) is 1. The Morgan fingerprint density at radius 2 is 0.588 bits per heavy atom. The lowest BCUT2D eigenvalue weighted by molar-refractivity contribution is -0.131. The topological polar surface area (TPSA) is 89.8 Å². The van der Waals surface area contributed by atoms with E-state index in [1.54, 1.807) is 6.08 Å². The zero-order valence-electron chi connectivity index (χ0n) is 46.3. The van der Waals surface area contributed by atoms with Gasteiger partial charge in [-0.3, -0.25) is 4.79 Å². The van der Waals surface area contributed by atoms with Crippen LogP contribution < -0.4 is 5.32 Å². The Bertz CT molecular complexity index is 1010. The quantitative estimate of drug-likeness (QED) is 0.0361. The molecule has 0 radical (unpaired) electrons. The van der Waals surface area contributed by atoms with Gasteiger partial charge in [0, 0.05) is 0 Å². The number of carbonyl (C=O) groups is 1.